The van der Waals surface area contributed by atoms with Crippen LogP contribution in [0.25, 0.3) is 0 Å². The van der Waals surface area contributed by atoms with Crippen molar-refractivity contribution >= 4 is 17.6 Å². The highest BCUT2D eigenvalue weighted by Crippen LogP contribution is 2.10. The third-order valence-corrected chi connectivity index (χ3v) is 4.84. The Hall–Kier alpha value is -2.93. The Morgan fingerprint density at radius 1 is 1.07 bits per heavy atom. The van der Waals surface area contributed by atoms with Gasteiger partial charge in [0.25, 0.3) is 5.91 Å². The first-order valence-electron chi connectivity index (χ1n) is 9.48. The number of nitrogens with one attached hydrogen (secondary N) is 1. The summed E-state index contributed by atoms with van der Waals surface area (Å²) in [6, 6.07) is 13.7. The van der Waals surface area contributed by atoms with Crippen molar-refractivity contribution in [3.8, 4) is 0 Å². The van der Waals surface area contributed by atoms with E-state index in [0.717, 1.165) is 19.6 Å². The van der Waals surface area contributed by atoms with E-state index in [1.807, 2.05) is 42.1 Å². The maximum Gasteiger partial charge on any atom is 0.251 e. The molecule has 2 heterocycles. The van der Waals surface area contributed by atoms with Crippen molar-refractivity contribution in [3.05, 3.63) is 59.8 Å². The van der Waals surface area contributed by atoms with Gasteiger partial charge in [-0.2, -0.15) is 0 Å². The third-order valence-electron chi connectivity index (χ3n) is 4.84. The highest BCUT2D eigenvalue weighted by molar-refractivity contribution is 5.97. The molecule has 1 aromatic heterocycles. The van der Waals surface area contributed by atoms with Gasteiger partial charge in [0, 0.05) is 58.6 Å². The van der Waals surface area contributed by atoms with E-state index in [1.54, 1.807) is 18.3 Å². The number of piperazine rings is 1. The Kier molecular flexibility index (Phi) is 6.60. The molecule has 2 amide bonds. The molecule has 0 saturated carbocycles. The van der Waals surface area contributed by atoms with E-state index in [4.69, 9.17) is 0 Å². The molecule has 2 aromatic rings. The van der Waals surface area contributed by atoms with Crippen LogP contribution in [-0.2, 0) is 11.3 Å². The largest absolute Gasteiger partial charge is 0.363 e. The Balaban J connectivity index is 1.44. The second kappa shape index (κ2) is 9.32. The van der Waals surface area contributed by atoms with Crippen LogP contribution >= 0.6 is 0 Å². The molecule has 1 aliphatic rings. The third kappa shape index (κ3) is 5.29. The minimum absolute atomic E-state index is 0.0111. The SMILES string of the molecule is CN(C)c1cc(C(=O)NCC(=O)N2CCN(Cc3ccccc3)CC2)ccn1. The molecule has 1 aliphatic heterocycles. The first-order chi connectivity index (χ1) is 13.5. The summed E-state index contributed by atoms with van der Waals surface area (Å²) in [7, 11) is 3.73. The lowest BCUT2D eigenvalue weighted by atomic mass is 10.2. The number of benzene rings is 1. The average molecular weight is 381 g/mol. The number of nitrogens with zero attached hydrogens (tertiary/aromatic N) is 4. The molecule has 0 bridgehead atoms. The van der Waals surface area contributed by atoms with E-state index in [2.05, 4.69) is 27.3 Å². The van der Waals surface area contributed by atoms with Gasteiger partial charge >= 0.3 is 0 Å². The summed E-state index contributed by atoms with van der Waals surface area (Å²) in [6.07, 6.45) is 1.60. The summed E-state index contributed by atoms with van der Waals surface area (Å²) < 4.78 is 0. The number of anilines is 1. The molecule has 3 rings (SSSR count). The molecular weight excluding hydrogens is 354 g/mol. The molecule has 0 atom stereocenters. The van der Waals surface area contributed by atoms with Crippen LogP contribution < -0.4 is 10.2 Å². The predicted octanol–water partition coefficient (Wildman–Crippen LogP) is 1.22. The summed E-state index contributed by atoms with van der Waals surface area (Å²) in [6.45, 7) is 3.95. The van der Waals surface area contributed by atoms with Gasteiger partial charge in [0.15, 0.2) is 0 Å². The fraction of sp³-hybridized carbons (Fsp3) is 0.381. The normalized spacial score (nSPS) is 14.6. The molecule has 1 saturated heterocycles. The quantitative estimate of drug-likeness (QED) is 0.815. The minimum Gasteiger partial charge on any atom is -0.363 e. The monoisotopic (exact) mass is 381 g/mol. The number of pyridine rings is 1. The standard InChI is InChI=1S/C21H27N5O2/c1-24(2)19-14-18(8-9-22-19)21(28)23-15-20(27)26-12-10-25(11-13-26)16-17-6-4-3-5-7-17/h3-9,14H,10-13,15-16H2,1-2H3,(H,23,28). The summed E-state index contributed by atoms with van der Waals surface area (Å²) in [5, 5.41) is 2.72. The first kappa shape index (κ1) is 19.8. The molecular formula is C21H27N5O2. The number of aromatic nitrogens is 1. The predicted molar refractivity (Wildman–Crippen MR) is 109 cm³/mol. The Bertz CT molecular complexity index is 801. The lowest BCUT2D eigenvalue weighted by Gasteiger charge is -2.34. The molecule has 148 valence electrons. The van der Waals surface area contributed by atoms with E-state index >= 15 is 0 Å². The Morgan fingerprint density at radius 2 is 1.79 bits per heavy atom. The average Bonchev–Trinajstić information content (AvgIpc) is 2.73. The van der Waals surface area contributed by atoms with Gasteiger partial charge in [-0.05, 0) is 17.7 Å². The van der Waals surface area contributed by atoms with E-state index in [1.165, 1.54) is 5.56 Å². The number of rotatable bonds is 6. The van der Waals surface area contributed by atoms with Crippen molar-refractivity contribution in [3.63, 3.8) is 0 Å². The van der Waals surface area contributed by atoms with Gasteiger partial charge in [0.2, 0.25) is 5.91 Å². The molecule has 7 heteroatoms. The van der Waals surface area contributed by atoms with Crippen LogP contribution in [0.1, 0.15) is 15.9 Å². The van der Waals surface area contributed by atoms with Gasteiger partial charge in [0.05, 0.1) is 6.54 Å². The van der Waals surface area contributed by atoms with Crippen LogP contribution in [0.4, 0.5) is 5.82 Å². The summed E-state index contributed by atoms with van der Waals surface area (Å²) in [4.78, 5) is 35.0. The second-order valence-electron chi connectivity index (χ2n) is 7.12. The zero-order valence-corrected chi connectivity index (χ0v) is 16.5. The second-order valence-corrected chi connectivity index (χ2v) is 7.12. The van der Waals surface area contributed by atoms with E-state index in [0.29, 0.717) is 24.5 Å². The van der Waals surface area contributed by atoms with Gasteiger partial charge < -0.3 is 15.1 Å². The van der Waals surface area contributed by atoms with Crippen molar-refractivity contribution in [1.82, 2.24) is 20.1 Å². The van der Waals surface area contributed by atoms with Crippen LogP contribution in [0, 0.1) is 0 Å². The van der Waals surface area contributed by atoms with Gasteiger partial charge in [-0.3, -0.25) is 14.5 Å². The number of hydrogen-bond donors (Lipinski definition) is 1. The molecule has 0 radical (unpaired) electrons. The van der Waals surface area contributed by atoms with Gasteiger partial charge in [0.1, 0.15) is 5.82 Å². The lowest BCUT2D eigenvalue weighted by molar-refractivity contribution is -0.131. The Morgan fingerprint density at radius 3 is 2.46 bits per heavy atom. The zero-order chi connectivity index (χ0) is 19.9. The zero-order valence-electron chi connectivity index (χ0n) is 16.5. The Labute approximate surface area is 166 Å². The number of carbonyl (C=O) groups excluding carboxylic acids is 2. The smallest absolute Gasteiger partial charge is 0.251 e. The van der Waals surface area contributed by atoms with Crippen molar-refractivity contribution in [2.24, 2.45) is 0 Å². The lowest BCUT2D eigenvalue weighted by Crippen LogP contribution is -2.50. The molecule has 0 unspecified atom stereocenters. The van der Waals surface area contributed by atoms with Crippen LogP contribution in [0.3, 0.4) is 0 Å². The first-order valence-corrected chi connectivity index (χ1v) is 9.48. The summed E-state index contributed by atoms with van der Waals surface area (Å²) in [5.41, 5.74) is 1.78. The van der Waals surface area contributed by atoms with E-state index < -0.39 is 0 Å². The number of carbonyl (C=O) groups is 2. The van der Waals surface area contributed by atoms with Crippen LogP contribution in [0.15, 0.2) is 48.7 Å². The highest BCUT2D eigenvalue weighted by Gasteiger charge is 2.21. The highest BCUT2D eigenvalue weighted by atomic mass is 16.2. The number of hydrogen-bond acceptors (Lipinski definition) is 5. The number of amides is 2. The van der Waals surface area contributed by atoms with E-state index in [-0.39, 0.29) is 18.4 Å². The molecule has 1 N–H and O–H groups in total. The van der Waals surface area contributed by atoms with Gasteiger partial charge in [-0.25, -0.2) is 4.98 Å². The van der Waals surface area contributed by atoms with Crippen molar-refractivity contribution < 1.29 is 9.59 Å². The van der Waals surface area contributed by atoms with Gasteiger partial charge in [-0.15, -0.1) is 0 Å². The fourth-order valence-electron chi connectivity index (χ4n) is 3.17. The maximum atomic E-state index is 12.4. The van der Waals surface area contributed by atoms with Crippen LogP contribution in [-0.4, -0.2) is 73.4 Å². The van der Waals surface area contributed by atoms with Crippen molar-refractivity contribution in [2.45, 2.75) is 6.54 Å². The van der Waals surface area contributed by atoms with E-state index in [9.17, 15) is 9.59 Å². The topological polar surface area (TPSA) is 68.8 Å². The fourth-order valence-corrected chi connectivity index (χ4v) is 3.17. The summed E-state index contributed by atoms with van der Waals surface area (Å²) >= 11 is 0. The van der Waals surface area contributed by atoms with Crippen molar-refractivity contribution in [1.29, 1.82) is 0 Å². The molecule has 28 heavy (non-hydrogen) atoms. The molecule has 1 aromatic carbocycles. The molecule has 7 nitrogen and oxygen atoms in total. The molecule has 1 fully saturated rings. The summed E-state index contributed by atoms with van der Waals surface area (Å²) in [5.74, 6) is 0.393. The molecule has 0 spiro atoms. The minimum atomic E-state index is -0.262. The maximum absolute atomic E-state index is 12.4. The van der Waals surface area contributed by atoms with Gasteiger partial charge in [-0.1, -0.05) is 30.3 Å². The van der Waals surface area contributed by atoms with Crippen molar-refractivity contribution in [2.75, 3.05) is 51.7 Å². The van der Waals surface area contributed by atoms with Crippen LogP contribution in [0.5, 0.6) is 0 Å². The van der Waals surface area contributed by atoms with Crippen LogP contribution in [0.2, 0.25) is 0 Å². The molecule has 0 aliphatic carbocycles.